The van der Waals surface area contributed by atoms with E-state index in [0.29, 0.717) is 6.54 Å². The number of nitrogens with zero attached hydrogens (tertiary/aromatic N) is 2. The van der Waals surface area contributed by atoms with E-state index in [0.717, 1.165) is 27.2 Å². The van der Waals surface area contributed by atoms with E-state index in [2.05, 4.69) is 26.2 Å². The molecule has 2 heterocycles. The van der Waals surface area contributed by atoms with Crippen LogP contribution in [0.15, 0.2) is 34.4 Å². The van der Waals surface area contributed by atoms with Crippen LogP contribution < -0.4 is 5.32 Å². The molecule has 5 nitrogen and oxygen atoms in total. The van der Waals surface area contributed by atoms with Crippen LogP contribution in [0.5, 0.6) is 0 Å². The number of halogens is 1. The minimum absolute atomic E-state index is 0.159. The average molecular weight is 314 g/mol. The van der Waals surface area contributed by atoms with Crippen molar-refractivity contribution in [3.05, 3.63) is 50.1 Å². The van der Waals surface area contributed by atoms with Gasteiger partial charge in [0.15, 0.2) is 0 Å². The molecule has 2 rings (SSSR count). The van der Waals surface area contributed by atoms with Gasteiger partial charge in [-0.05, 0) is 33.6 Å². The zero-order valence-electron chi connectivity index (χ0n) is 8.59. The van der Waals surface area contributed by atoms with Gasteiger partial charge in [-0.1, -0.05) is 11.3 Å². The van der Waals surface area contributed by atoms with Crippen molar-refractivity contribution in [2.45, 2.75) is 6.54 Å². The fraction of sp³-hybridized carbons (Fsp3) is 0.100. The number of thiophene rings is 1. The van der Waals surface area contributed by atoms with E-state index in [1.165, 1.54) is 0 Å². The molecule has 2 aromatic rings. The van der Waals surface area contributed by atoms with Gasteiger partial charge in [-0.2, -0.15) is 0 Å². The summed E-state index contributed by atoms with van der Waals surface area (Å²) in [6.45, 7) is 0.536. The topological polar surface area (TPSA) is 68.1 Å². The highest BCUT2D eigenvalue weighted by molar-refractivity contribution is 9.10. The molecule has 0 unspecified atom stereocenters. The first-order valence-electron chi connectivity index (χ1n) is 4.73. The largest absolute Gasteiger partial charge is 0.379 e. The lowest BCUT2D eigenvalue weighted by Gasteiger charge is -2.05. The molecule has 1 N–H and O–H groups in total. The Labute approximate surface area is 110 Å². The lowest BCUT2D eigenvalue weighted by molar-refractivity contribution is -0.380. The van der Waals surface area contributed by atoms with Crippen LogP contribution in [0.3, 0.4) is 0 Å². The molecule has 88 valence electrons. The molecular formula is C10H8BrN3O2S. The van der Waals surface area contributed by atoms with Crippen molar-refractivity contribution >= 4 is 38.0 Å². The quantitative estimate of drug-likeness (QED) is 0.533. The Morgan fingerprint density at radius 3 is 3.06 bits per heavy atom. The third kappa shape index (κ3) is 3.01. The predicted molar refractivity (Wildman–Crippen MR) is 70.2 cm³/mol. The lowest BCUT2D eigenvalue weighted by Crippen LogP contribution is -1.99. The van der Waals surface area contributed by atoms with Gasteiger partial charge in [0.25, 0.3) is 0 Å². The van der Waals surface area contributed by atoms with Gasteiger partial charge in [0.1, 0.15) is 4.60 Å². The van der Waals surface area contributed by atoms with Crippen LogP contribution in [-0.2, 0) is 6.54 Å². The Morgan fingerprint density at radius 2 is 2.41 bits per heavy atom. The highest BCUT2D eigenvalue weighted by Crippen LogP contribution is 2.24. The molecule has 0 aliphatic heterocycles. The SMILES string of the molecule is O=[N+]([O-])c1cc(CNc2cccnc2Br)cs1. The van der Waals surface area contributed by atoms with Gasteiger partial charge in [0.05, 0.1) is 10.6 Å². The van der Waals surface area contributed by atoms with E-state index in [4.69, 9.17) is 0 Å². The second-order valence-corrected chi connectivity index (χ2v) is 4.89. The molecule has 0 amide bonds. The monoisotopic (exact) mass is 313 g/mol. The number of rotatable bonds is 4. The number of nitro groups is 1. The Kier molecular flexibility index (Phi) is 3.70. The first-order valence-corrected chi connectivity index (χ1v) is 6.40. The molecule has 0 radical (unpaired) electrons. The fourth-order valence-corrected chi connectivity index (χ4v) is 2.39. The van der Waals surface area contributed by atoms with E-state index in [1.807, 2.05) is 12.1 Å². The van der Waals surface area contributed by atoms with Crippen molar-refractivity contribution in [1.82, 2.24) is 4.98 Å². The number of aromatic nitrogens is 1. The zero-order valence-corrected chi connectivity index (χ0v) is 11.0. The smallest absolute Gasteiger partial charge is 0.324 e. The highest BCUT2D eigenvalue weighted by atomic mass is 79.9. The van der Waals surface area contributed by atoms with E-state index in [9.17, 15) is 10.1 Å². The Balaban J connectivity index is 2.02. The minimum Gasteiger partial charge on any atom is -0.379 e. The second-order valence-electron chi connectivity index (χ2n) is 3.25. The molecule has 0 saturated carbocycles. The van der Waals surface area contributed by atoms with Crippen LogP contribution in [0.25, 0.3) is 0 Å². The van der Waals surface area contributed by atoms with Gasteiger partial charge in [-0.25, -0.2) is 4.98 Å². The van der Waals surface area contributed by atoms with Gasteiger partial charge in [-0.3, -0.25) is 10.1 Å². The molecule has 0 aromatic carbocycles. The summed E-state index contributed by atoms with van der Waals surface area (Å²) in [5.41, 5.74) is 1.75. The van der Waals surface area contributed by atoms with Crippen LogP contribution >= 0.6 is 27.3 Å². The molecule has 17 heavy (non-hydrogen) atoms. The van der Waals surface area contributed by atoms with Crippen LogP contribution in [-0.4, -0.2) is 9.91 Å². The van der Waals surface area contributed by atoms with Crippen LogP contribution in [0, 0.1) is 10.1 Å². The summed E-state index contributed by atoms with van der Waals surface area (Å²) in [7, 11) is 0. The summed E-state index contributed by atoms with van der Waals surface area (Å²) in [6, 6.07) is 5.28. The molecule has 0 atom stereocenters. The van der Waals surface area contributed by atoms with Crippen molar-refractivity contribution in [2.24, 2.45) is 0 Å². The molecule has 7 heteroatoms. The number of hydrogen-bond acceptors (Lipinski definition) is 5. The molecule has 0 aliphatic rings. The fourth-order valence-electron chi connectivity index (χ4n) is 1.27. The molecule has 2 aromatic heterocycles. The number of anilines is 1. The van der Waals surface area contributed by atoms with E-state index in [1.54, 1.807) is 17.6 Å². The molecule has 0 spiro atoms. The predicted octanol–water partition coefficient (Wildman–Crippen LogP) is 3.43. The van der Waals surface area contributed by atoms with Crippen molar-refractivity contribution < 1.29 is 4.92 Å². The molecule has 0 bridgehead atoms. The van der Waals surface area contributed by atoms with Crippen LogP contribution in [0.4, 0.5) is 10.7 Å². The maximum Gasteiger partial charge on any atom is 0.324 e. The summed E-state index contributed by atoms with van der Waals surface area (Å²) in [5.74, 6) is 0. The number of nitrogens with one attached hydrogen (secondary N) is 1. The molecular weight excluding hydrogens is 306 g/mol. The Hall–Kier alpha value is -1.47. The first-order chi connectivity index (χ1) is 8.16. The first kappa shape index (κ1) is 12.0. The van der Waals surface area contributed by atoms with Crippen molar-refractivity contribution in [3.8, 4) is 0 Å². The summed E-state index contributed by atoms with van der Waals surface area (Å²) < 4.78 is 0.727. The van der Waals surface area contributed by atoms with Gasteiger partial charge in [-0.15, -0.1) is 0 Å². The van der Waals surface area contributed by atoms with Crippen molar-refractivity contribution in [3.63, 3.8) is 0 Å². The highest BCUT2D eigenvalue weighted by Gasteiger charge is 2.09. The summed E-state index contributed by atoms with van der Waals surface area (Å²) in [5, 5.41) is 15.6. The van der Waals surface area contributed by atoms with Gasteiger partial charge in [0.2, 0.25) is 0 Å². The van der Waals surface area contributed by atoms with E-state index < -0.39 is 0 Å². The summed E-state index contributed by atoms with van der Waals surface area (Å²) in [6.07, 6.45) is 1.69. The number of pyridine rings is 1. The molecule has 0 saturated heterocycles. The average Bonchev–Trinajstić information content (AvgIpc) is 2.77. The van der Waals surface area contributed by atoms with Crippen LogP contribution in [0.1, 0.15) is 5.56 Å². The van der Waals surface area contributed by atoms with Gasteiger partial charge in [0, 0.05) is 24.2 Å². The molecule has 0 aliphatic carbocycles. The van der Waals surface area contributed by atoms with Crippen LogP contribution in [0.2, 0.25) is 0 Å². The lowest BCUT2D eigenvalue weighted by atomic mass is 10.3. The number of hydrogen-bond donors (Lipinski definition) is 1. The minimum atomic E-state index is -0.381. The summed E-state index contributed by atoms with van der Waals surface area (Å²) >= 11 is 4.45. The van der Waals surface area contributed by atoms with E-state index >= 15 is 0 Å². The Morgan fingerprint density at radius 1 is 1.59 bits per heavy atom. The summed E-state index contributed by atoms with van der Waals surface area (Å²) in [4.78, 5) is 14.2. The van der Waals surface area contributed by atoms with Crippen molar-refractivity contribution in [1.29, 1.82) is 0 Å². The Bertz CT molecular complexity index is 544. The standard InChI is InChI=1S/C10H8BrN3O2S/c11-10-8(2-1-3-12-10)13-5-7-4-9(14(15)16)17-6-7/h1-4,6,13H,5H2. The molecule has 0 fully saturated rings. The zero-order chi connectivity index (χ0) is 12.3. The maximum absolute atomic E-state index is 10.5. The van der Waals surface area contributed by atoms with Crippen molar-refractivity contribution in [2.75, 3.05) is 5.32 Å². The maximum atomic E-state index is 10.5. The third-order valence-corrected chi connectivity index (χ3v) is 3.62. The van der Waals surface area contributed by atoms with Gasteiger partial charge < -0.3 is 5.32 Å². The second kappa shape index (κ2) is 5.24. The van der Waals surface area contributed by atoms with Gasteiger partial charge >= 0.3 is 5.00 Å². The third-order valence-electron chi connectivity index (χ3n) is 2.06. The van der Waals surface area contributed by atoms with E-state index in [-0.39, 0.29) is 9.92 Å². The normalized spacial score (nSPS) is 10.2.